The summed E-state index contributed by atoms with van der Waals surface area (Å²) in [5.74, 6) is -1.23. The SMILES string of the molecule is Cc1cnc2c3c(nn2c1)CN(C(=O)c1ccccc1OC(F)(F)C(F)F)C3. The molecule has 0 unspecified atom stereocenters. The van der Waals surface area contributed by atoms with Gasteiger partial charge in [-0.05, 0) is 24.6 Å². The molecule has 1 aliphatic heterocycles. The molecule has 0 N–H and O–H groups in total. The molecule has 1 aliphatic rings. The highest BCUT2D eigenvalue weighted by molar-refractivity contribution is 5.97. The molecule has 4 rings (SSSR count). The van der Waals surface area contributed by atoms with E-state index in [1.165, 1.54) is 23.1 Å². The molecule has 146 valence electrons. The van der Waals surface area contributed by atoms with Crippen molar-refractivity contribution in [3.63, 3.8) is 0 Å². The number of alkyl halides is 4. The molecule has 0 fully saturated rings. The quantitative estimate of drug-likeness (QED) is 0.637. The van der Waals surface area contributed by atoms with Crippen LogP contribution in [0.4, 0.5) is 17.6 Å². The number of para-hydroxylation sites is 1. The summed E-state index contributed by atoms with van der Waals surface area (Å²) < 4.78 is 57.3. The third kappa shape index (κ3) is 3.04. The van der Waals surface area contributed by atoms with Gasteiger partial charge in [-0.1, -0.05) is 12.1 Å². The molecule has 10 heteroatoms. The topological polar surface area (TPSA) is 59.7 Å². The zero-order chi connectivity index (χ0) is 20.1. The molecule has 1 amide bonds. The molecule has 0 saturated heterocycles. The first-order valence-electron chi connectivity index (χ1n) is 8.32. The Labute approximate surface area is 156 Å². The first kappa shape index (κ1) is 18.2. The first-order valence-corrected chi connectivity index (χ1v) is 8.32. The molecule has 0 saturated carbocycles. The summed E-state index contributed by atoms with van der Waals surface area (Å²) in [6, 6.07) is 5.08. The molecule has 0 atom stereocenters. The Hall–Kier alpha value is -3.17. The minimum absolute atomic E-state index is 0.149. The number of nitrogens with zero attached hydrogens (tertiary/aromatic N) is 4. The summed E-state index contributed by atoms with van der Waals surface area (Å²) in [4.78, 5) is 18.5. The van der Waals surface area contributed by atoms with Gasteiger partial charge in [-0.2, -0.15) is 22.7 Å². The predicted octanol–water partition coefficient (Wildman–Crippen LogP) is 3.43. The number of halogens is 4. The first-order chi connectivity index (χ1) is 13.3. The molecule has 6 nitrogen and oxygen atoms in total. The van der Waals surface area contributed by atoms with Crippen molar-refractivity contribution in [2.75, 3.05) is 0 Å². The van der Waals surface area contributed by atoms with Crippen molar-refractivity contribution in [3.05, 3.63) is 59.0 Å². The lowest BCUT2D eigenvalue weighted by atomic mass is 10.1. The maximum absolute atomic E-state index is 13.3. The number of rotatable bonds is 4. The highest BCUT2D eigenvalue weighted by Crippen LogP contribution is 2.32. The van der Waals surface area contributed by atoms with Crippen molar-refractivity contribution >= 4 is 11.6 Å². The maximum Gasteiger partial charge on any atom is 0.461 e. The van der Waals surface area contributed by atoms with Gasteiger partial charge in [-0.15, -0.1) is 0 Å². The van der Waals surface area contributed by atoms with Gasteiger partial charge in [0.2, 0.25) is 0 Å². The second-order valence-electron chi connectivity index (χ2n) is 6.45. The molecule has 0 aliphatic carbocycles. The predicted molar refractivity (Wildman–Crippen MR) is 89.3 cm³/mol. The van der Waals surface area contributed by atoms with Crippen LogP contribution in [0.1, 0.15) is 27.2 Å². The van der Waals surface area contributed by atoms with Crippen molar-refractivity contribution in [1.82, 2.24) is 19.5 Å². The number of hydrogen-bond donors (Lipinski definition) is 0. The van der Waals surface area contributed by atoms with Crippen LogP contribution in [0.2, 0.25) is 0 Å². The van der Waals surface area contributed by atoms with Crippen LogP contribution in [0.5, 0.6) is 5.75 Å². The van der Waals surface area contributed by atoms with Crippen LogP contribution in [0.25, 0.3) is 5.65 Å². The van der Waals surface area contributed by atoms with Crippen molar-refractivity contribution in [2.45, 2.75) is 32.5 Å². The fourth-order valence-corrected chi connectivity index (χ4v) is 3.08. The number of carbonyl (C=O) groups excluding carboxylic acids is 1. The summed E-state index contributed by atoms with van der Waals surface area (Å²) >= 11 is 0. The van der Waals surface area contributed by atoms with Gasteiger partial charge in [0.05, 0.1) is 24.3 Å². The molecule has 0 radical (unpaired) electrons. The van der Waals surface area contributed by atoms with Gasteiger partial charge >= 0.3 is 12.5 Å². The third-order valence-corrected chi connectivity index (χ3v) is 4.37. The number of benzene rings is 1. The molecule has 1 aromatic carbocycles. The Bertz CT molecular complexity index is 1070. The van der Waals surface area contributed by atoms with E-state index in [1.54, 1.807) is 10.7 Å². The van der Waals surface area contributed by atoms with E-state index in [0.717, 1.165) is 17.2 Å². The molecule has 0 spiro atoms. The molecule has 28 heavy (non-hydrogen) atoms. The van der Waals surface area contributed by atoms with Gasteiger partial charge in [-0.3, -0.25) is 4.79 Å². The van der Waals surface area contributed by atoms with E-state index >= 15 is 0 Å². The third-order valence-electron chi connectivity index (χ3n) is 4.37. The number of carbonyl (C=O) groups is 1. The van der Waals surface area contributed by atoms with Crippen LogP contribution < -0.4 is 4.74 Å². The van der Waals surface area contributed by atoms with E-state index < -0.39 is 24.2 Å². The van der Waals surface area contributed by atoms with E-state index in [-0.39, 0.29) is 18.7 Å². The lowest BCUT2D eigenvalue weighted by Gasteiger charge is -2.21. The normalized spacial score (nSPS) is 14.0. The summed E-state index contributed by atoms with van der Waals surface area (Å²) in [7, 11) is 0. The van der Waals surface area contributed by atoms with E-state index in [4.69, 9.17) is 0 Å². The standard InChI is InChI=1S/C18H14F4N4O2/c1-10-6-23-15-12-8-25(9-13(12)24-26(15)7-10)16(27)11-4-2-3-5-14(11)28-18(21,22)17(19)20/h2-7,17H,8-9H2,1H3. The molecule has 3 heterocycles. The highest BCUT2D eigenvalue weighted by atomic mass is 19.3. The fraction of sp³-hybridized carbons (Fsp3) is 0.278. The van der Waals surface area contributed by atoms with Crippen LogP contribution >= 0.6 is 0 Å². The van der Waals surface area contributed by atoms with Gasteiger partial charge in [0, 0.05) is 18.0 Å². The van der Waals surface area contributed by atoms with Crippen LogP contribution in [0.15, 0.2) is 36.7 Å². The van der Waals surface area contributed by atoms with Crippen LogP contribution in [0, 0.1) is 6.92 Å². The number of aromatic nitrogens is 3. The van der Waals surface area contributed by atoms with Crippen molar-refractivity contribution in [3.8, 4) is 5.75 Å². The van der Waals surface area contributed by atoms with E-state index in [2.05, 4.69) is 14.8 Å². The zero-order valence-corrected chi connectivity index (χ0v) is 14.6. The summed E-state index contributed by atoms with van der Waals surface area (Å²) in [5, 5.41) is 4.40. The number of aryl methyl sites for hydroxylation is 1. The molecule has 2 aromatic heterocycles. The average molecular weight is 394 g/mol. The Morgan fingerprint density at radius 2 is 2.00 bits per heavy atom. The van der Waals surface area contributed by atoms with Crippen LogP contribution in [-0.4, -0.2) is 37.9 Å². The van der Waals surface area contributed by atoms with Gasteiger partial charge in [-0.25, -0.2) is 9.50 Å². The van der Waals surface area contributed by atoms with Gasteiger partial charge in [0.25, 0.3) is 5.91 Å². The Morgan fingerprint density at radius 3 is 2.75 bits per heavy atom. The van der Waals surface area contributed by atoms with E-state index in [9.17, 15) is 22.4 Å². The monoisotopic (exact) mass is 394 g/mol. The Balaban J connectivity index is 1.61. The van der Waals surface area contributed by atoms with E-state index in [0.29, 0.717) is 11.3 Å². The molecule has 3 aromatic rings. The summed E-state index contributed by atoms with van der Waals surface area (Å²) in [5.41, 5.74) is 2.69. The number of ether oxygens (including phenoxy) is 1. The van der Waals surface area contributed by atoms with Crippen LogP contribution in [-0.2, 0) is 13.1 Å². The Kier molecular flexibility index (Phi) is 4.20. The average Bonchev–Trinajstić information content (AvgIpc) is 3.18. The van der Waals surface area contributed by atoms with Crippen LogP contribution in [0.3, 0.4) is 0 Å². The second kappa shape index (κ2) is 6.47. The maximum atomic E-state index is 13.3. The van der Waals surface area contributed by atoms with Crippen molar-refractivity contribution in [2.24, 2.45) is 0 Å². The highest BCUT2D eigenvalue weighted by Gasteiger charge is 2.45. The van der Waals surface area contributed by atoms with E-state index in [1.807, 2.05) is 13.1 Å². The molecular weight excluding hydrogens is 380 g/mol. The van der Waals surface area contributed by atoms with Gasteiger partial charge in [0.1, 0.15) is 5.75 Å². The summed E-state index contributed by atoms with van der Waals surface area (Å²) in [6.07, 6.45) is -5.23. The number of fused-ring (bicyclic) bond motifs is 3. The van der Waals surface area contributed by atoms with Gasteiger partial charge in [0.15, 0.2) is 5.65 Å². The second-order valence-corrected chi connectivity index (χ2v) is 6.45. The summed E-state index contributed by atoms with van der Waals surface area (Å²) in [6.45, 7) is 2.20. The lowest BCUT2D eigenvalue weighted by molar-refractivity contribution is -0.253. The molecule has 0 bridgehead atoms. The largest absolute Gasteiger partial charge is 0.461 e. The number of hydrogen-bond acceptors (Lipinski definition) is 4. The minimum atomic E-state index is -4.70. The molecular formula is C18H14F4N4O2. The number of amides is 1. The zero-order valence-electron chi connectivity index (χ0n) is 14.6. The Morgan fingerprint density at radius 1 is 1.25 bits per heavy atom. The van der Waals surface area contributed by atoms with Crippen molar-refractivity contribution < 1.29 is 27.1 Å². The minimum Gasteiger partial charge on any atom is -0.427 e. The lowest BCUT2D eigenvalue weighted by Crippen LogP contribution is -2.34. The van der Waals surface area contributed by atoms with Gasteiger partial charge < -0.3 is 9.64 Å². The smallest absolute Gasteiger partial charge is 0.427 e. The van der Waals surface area contributed by atoms with Crippen molar-refractivity contribution in [1.29, 1.82) is 0 Å². The fourth-order valence-electron chi connectivity index (χ4n) is 3.08.